The Labute approximate surface area is 315 Å². The van der Waals surface area contributed by atoms with Gasteiger partial charge in [-0.05, 0) is 151 Å². The third-order valence-electron chi connectivity index (χ3n) is 11.6. The van der Waals surface area contributed by atoms with Crippen LogP contribution >= 0.6 is 0 Å². The lowest BCUT2D eigenvalue weighted by Crippen LogP contribution is -2.52. The first-order valence-corrected chi connectivity index (χ1v) is 20.7. The fourth-order valence-corrected chi connectivity index (χ4v) is 8.37. The summed E-state index contributed by atoms with van der Waals surface area (Å²) in [4.78, 5) is 48.3. The summed E-state index contributed by atoms with van der Waals surface area (Å²) in [5, 5.41) is 0. The molecule has 2 rings (SSSR count). The third kappa shape index (κ3) is 14.7. The molecular weight excluding hydrogens is 644 g/mol. The molecule has 8 heteroatoms. The van der Waals surface area contributed by atoms with Crippen molar-refractivity contribution in [2.24, 2.45) is 16.2 Å². The van der Waals surface area contributed by atoms with Crippen LogP contribution in [0.15, 0.2) is 0 Å². The van der Waals surface area contributed by atoms with E-state index in [2.05, 4.69) is 27.7 Å². The summed E-state index contributed by atoms with van der Waals surface area (Å²) in [6.45, 7) is 33.4. The minimum absolute atomic E-state index is 0.127. The molecule has 2 fully saturated rings. The zero-order valence-corrected chi connectivity index (χ0v) is 36.5. The van der Waals surface area contributed by atoms with Crippen LogP contribution in [0.2, 0.25) is 0 Å². The Morgan fingerprint density at radius 3 is 0.843 bits per heavy atom. The molecule has 8 nitrogen and oxygen atoms in total. The van der Waals surface area contributed by atoms with Gasteiger partial charge in [-0.1, -0.05) is 66.2 Å². The Morgan fingerprint density at radius 2 is 0.627 bits per heavy atom. The Balaban J connectivity index is 2.38. The van der Waals surface area contributed by atoms with Crippen molar-refractivity contribution in [3.05, 3.63) is 0 Å². The number of hydrogen-bond acceptors (Lipinski definition) is 8. The molecule has 2 aliphatic carbocycles. The molecule has 0 atom stereocenters. The summed E-state index contributed by atoms with van der Waals surface area (Å²) in [6.07, 6.45) is 19.8. The minimum Gasteiger partial charge on any atom is -0.228 e. The molecule has 0 bridgehead atoms. The second kappa shape index (κ2) is 18.5. The highest BCUT2D eigenvalue weighted by Gasteiger charge is 2.56. The molecule has 0 radical (unpaired) electrons. The van der Waals surface area contributed by atoms with Crippen molar-refractivity contribution in [2.75, 3.05) is 0 Å². The third-order valence-corrected chi connectivity index (χ3v) is 11.6. The lowest BCUT2D eigenvalue weighted by Gasteiger charge is -2.61. The molecule has 0 aromatic heterocycles. The molecule has 0 aromatic rings. The van der Waals surface area contributed by atoms with Crippen LogP contribution in [-0.2, 0) is 39.1 Å². The summed E-state index contributed by atoms with van der Waals surface area (Å²) >= 11 is 0. The highest BCUT2D eigenvalue weighted by Crippen LogP contribution is 2.66. The van der Waals surface area contributed by atoms with Crippen LogP contribution < -0.4 is 0 Å². The fourth-order valence-electron chi connectivity index (χ4n) is 8.37. The maximum absolute atomic E-state index is 6.17. The summed E-state index contributed by atoms with van der Waals surface area (Å²) in [6, 6.07) is 0. The van der Waals surface area contributed by atoms with Gasteiger partial charge in [0.05, 0.1) is 22.4 Å². The van der Waals surface area contributed by atoms with Crippen LogP contribution in [0.5, 0.6) is 0 Å². The van der Waals surface area contributed by atoms with Gasteiger partial charge in [-0.15, -0.1) is 0 Å². The van der Waals surface area contributed by atoms with Gasteiger partial charge >= 0.3 is 0 Å². The van der Waals surface area contributed by atoms with Gasteiger partial charge in [-0.2, -0.15) is 19.6 Å². The van der Waals surface area contributed by atoms with Gasteiger partial charge < -0.3 is 0 Å². The van der Waals surface area contributed by atoms with E-state index in [1.807, 2.05) is 83.1 Å². The average molecular weight is 729 g/mol. The second-order valence-electron chi connectivity index (χ2n) is 20.7. The first-order chi connectivity index (χ1) is 23.3. The van der Waals surface area contributed by atoms with Crippen molar-refractivity contribution in [2.45, 2.75) is 260 Å². The van der Waals surface area contributed by atoms with E-state index < -0.39 is 34.0 Å². The molecule has 0 spiro atoms. The summed E-state index contributed by atoms with van der Waals surface area (Å²) in [5.74, 6) is -1.95. The highest BCUT2D eigenvalue weighted by molar-refractivity contribution is 5.06. The number of rotatable bonds is 20. The SMILES string of the molecule is CCC(CCCC1(C(C)(C)C2(CCCC(CC)(OOC(C)(C)C)OOC(C)(C)C)CCCCC2)CCCCC1)(OOC(C)(C)C)OOC(C)(C)C. The van der Waals surface area contributed by atoms with E-state index in [0.29, 0.717) is 25.7 Å². The topological polar surface area (TPSA) is 73.8 Å². The largest absolute Gasteiger partial charge is 0.233 e. The molecule has 0 heterocycles. The average Bonchev–Trinajstić information content (AvgIpc) is 3.02. The molecular formula is C43H84O8. The van der Waals surface area contributed by atoms with E-state index in [-0.39, 0.29) is 16.2 Å². The van der Waals surface area contributed by atoms with Gasteiger partial charge in [0.2, 0.25) is 11.6 Å². The summed E-state index contributed by atoms with van der Waals surface area (Å²) in [7, 11) is 0. The summed E-state index contributed by atoms with van der Waals surface area (Å²) < 4.78 is 0. The molecule has 0 saturated heterocycles. The molecule has 0 unspecified atom stereocenters. The van der Waals surface area contributed by atoms with Gasteiger partial charge in [0.15, 0.2) is 0 Å². The van der Waals surface area contributed by atoms with E-state index in [4.69, 9.17) is 39.1 Å². The van der Waals surface area contributed by atoms with Crippen LogP contribution in [0.3, 0.4) is 0 Å². The van der Waals surface area contributed by atoms with E-state index >= 15 is 0 Å². The van der Waals surface area contributed by atoms with Crippen molar-refractivity contribution in [3.63, 3.8) is 0 Å². The second-order valence-corrected chi connectivity index (χ2v) is 20.7. The van der Waals surface area contributed by atoms with E-state index in [1.54, 1.807) is 0 Å². The van der Waals surface area contributed by atoms with Crippen LogP contribution in [0.1, 0.15) is 226 Å². The van der Waals surface area contributed by atoms with Crippen molar-refractivity contribution >= 4 is 0 Å². The fraction of sp³-hybridized carbons (Fsp3) is 1.00. The van der Waals surface area contributed by atoms with E-state index in [9.17, 15) is 0 Å². The Hall–Kier alpha value is -0.320. The van der Waals surface area contributed by atoms with Crippen molar-refractivity contribution in [1.29, 1.82) is 0 Å². The Kier molecular flexibility index (Phi) is 17.0. The maximum Gasteiger partial charge on any atom is 0.233 e. The highest BCUT2D eigenvalue weighted by atomic mass is 17.3. The van der Waals surface area contributed by atoms with Gasteiger partial charge in [0.1, 0.15) is 0 Å². The zero-order chi connectivity index (χ0) is 38.9. The lowest BCUT2D eigenvalue weighted by molar-refractivity contribution is -0.543. The Bertz CT molecular complexity index is 867. The monoisotopic (exact) mass is 729 g/mol. The van der Waals surface area contributed by atoms with E-state index in [0.717, 1.165) is 25.7 Å². The molecule has 51 heavy (non-hydrogen) atoms. The minimum atomic E-state index is -0.975. The summed E-state index contributed by atoms with van der Waals surface area (Å²) in [5.41, 5.74) is -1.29. The van der Waals surface area contributed by atoms with Crippen LogP contribution in [-0.4, -0.2) is 34.0 Å². The van der Waals surface area contributed by atoms with Gasteiger partial charge in [0.25, 0.3) is 0 Å². The first kappa shape index (κ1) is 46.8. The quantitative estimate of drug-likeness (QED) is 0.0697. The molecule has 0 N–H and O–H groups in total. The lowest BCUT2D eigenvalue weighted by atomic mass is 9.44. The maximum atomic E-state index is 6.17. The molecule has 2 saturated carbocycles. The van der Waals surface area contributed by atoms with Crippen molar-refractivity contribution < 1.29 is 39.1 Å². The normalized spacial score (nSPS) is 19.8. The molecule has 2 aliphatic rings. The van der Waals surface area contributed by atoms with Crippen LogP contribution in [0, 0.1) is 16.2 Å². The molecule has 0 aromatic carbocycles. The van der Waals surface area contributed by atoms with Crippen molar-refractivity contribution in [1.82, 2.24) is 0 Å². The number of hydrogen-bond donors (Lipinski definition) is 0. The van der Waals surface area contributed by atoms with Crippen LogP contribution in [0.25, 0.3) is 0 Å². The molecule has 304 valence electrons. The van der Waals surface area contributed by atoms with Crippen LogP contribution in [0.4, 0.5) is 0 Å². The Morgan fingerprint density at radius 1 is 0.373 bits per heavy atom. The van der Waals surface area contributed by atoms with Gasteiger partial charge in [-0.25, -0.2) is 19.6 Å². The first-order valence-electron chi connectivity index (χ1n) is 20.7. The standard InChI is InChI=1S/C43H84O8/c1-17-42(48-44-35(3,4)5,49-45-36(6,7)8)33-25-31-40(27-21-19-22-28-40)39(15,16)41(29-23-20-24-30-41)32-26-34-43(18-2,50-46-37(9,10)11)51-47-38(12,13)14/h17-34H2,1-16H3. The van der Waals surface area contributed by atoms with Gasteiger partial charge in [0, 0.05) is 25.7 Å². The predicted molar refractivity (Wildman–Crippen MR) is 206 cm³/mol. The van der Waals surface area contributed by atoms with E-state index in [1.165, 1.54) is 64.2 Å². The molecule has 0 aliphatic heterocycles. The van der Waals surface area contributed by atoms with Crippen molar-refractivity contribution in [3.8, 4) is 0 Å². The predicted octanol–water partition coefficient (Wildman–Crippen LogP) is 13.5. The zero-order valence-electron chi connectivity index (χ0n) is 36.5. The van der Waals surface area contributed by atoms with Gasteiger partial charge in [-0.3, -0.25) is 0 Å². The molecule has 0 amide bonds. The smallest absolute Gasteiger partial charge is 0.228 e.